The van der Waals surface area contributed by atoms with Crippen LogP contribution in [0.15, 0.2) is 29.7 Å². The number of aryl methyl sites for hydroxylation is 1. The summed E-state index contributed by atoms with van der Waals surface area (Å²) in [5.74, 6) is 0. The lowest BCUT2D eigenvalue weighted by Crippen LogP contribution is -2.33. The fourth-order valence-electron chi connectivity index (χ4n) is 2.18. The van der Waals surface area contributed by atoms with Crippen molar-refractivity contribution in [3.05, 3.63) is 35.9 Å². The van der Waals surface area contributed by atoms with E-state index in [-0.39, 0.29) is 6.04 Å². The van der Waals surface area contributed by atoms with Crippen molar-refractivity contribution < 1.29 is 8.42 Å². The van der Waals surface area contributed by atoms with E-state index in [0.717, 1.165) is 24.0 Å². The van der Waals surface area contributed by atoms with Gasteiger partial charge in [-0.2, -0.15) is 4.31 Å². The van der Waals surface area contributed by atoms with E-state index >= 15 is 0 Å². The molecule has 0 amide bonds. The predicted octanol–water partition coefficient (Wildman–Crippen LogP) is 2.22. The maximum Gasteiger partial charge on any atom is 0.243 e. The summed E-state index contributed by atoms with van der Waals surface area (Å²) in [6, 6.07) is 3.46. The number of nitrogens with two attached hydrogens (primary N) is 1. The zero-order valence-corrected chi connectivity index (χ0v) is 12.2. The van der Waals surface area contributed by atoms with Gasteiger partial charge in [-0.1, -0.05) is 6.08 Å². The van der Waals surface area contributed by atoms with E-state index in [1.165, 1.54) is 4.31 Å². The summed E-state index contributed by atoms with van der Waals surface area (Å²) in [7, 11) is -3.49. The van der Waals surface area contributed by atoms with Crippen molar-refractivity contribution in [1.29, 1.82) is 0 Å². The van der Waals surface area contributed by atoms with Crippen molar-refractivity contribution in [1.82, 2.24) is 4.31 Å². The van der Waals surface area contributed by atoms with Gasteiger partial charge in [0, 0.05) is 18.3 Å². The highest BCUT2D eigenvalue weighted by Gasteiger charge is 2.38. The van der Waals surface area contributed by atoms with Gasteiger partial charge < -0.3 is 5.73 Å². The van der Waals surface area contributed by atoms with Crippen LogP contribution in [0.2, 0.25) is 0 Å². The lowest BCUT2D eigenvalue weighted by atomic mass is 10.1. The minimum Gasteiger partial charge on any atom is -0.399 e. The molecule has 104 valence electrons. The Labute approximate surface area is 115 Å². The number of benzene rings is 1. The van der Waals surface area contributed by atoms with Gasteiger partial charge in [-0.05, 0) is 49.9 Å². The highest BCUT2D eigenvalue weighted by molar-refractivity contribution is 7.89. The van der Waals surface area contributed by atoms with Crippen LogP contribution in [0.3, 0.4) is 0 Å². The number of nitrogen functional groups attached to an aromatic ring is 1. The number of hydrogen-bond donors (Lipinski definition) is 1. The summed E-state index contributed by atoms with van der Waals surface area (Å²) in [5.41, 5.74) is 7.93. The molecular formula is C14H20N2O2S. The third-order valence-electron chi connectivity index (χ3n) is 3.49. The molecule has 1 aliphatic rings. The van der Waals surface area contributed by atoms with Gasteiger partial charge in [0.15, 0.2) is 0 Å². The van der Waals surface area contributed by atoms with Gasteiger partial charge in [0.25, 0.3) is 0 Å². The highest BCUT2D eigenvalue weighted by Crippen LogP contribution is 2.34. The van der Waals surface area contributed by atoms with Gasteiger partial charge in [0.2, 0.25) is 10.0 Å². The summed E-state index contributed by atoms with van der Waals surface area (Å²) >= 11 is 0. The number of sulfonamides is 1. The number of hydrogen-bond acceptors (Lipinski definition) is 3. The summed E-state index contributed by atoms with van der Waals surface area (Å²) in [4.78, 5) is 0.318. The molecule has 2 N–H and O–H groups in total. The molecule has 1 aliphatic carbocycles. The van der Waals surface area contributed by atoms with Crippen LogP contribution in [-0.2, 0) is 10.0 Å². The van der Waals surface area contributed by atoms with Gasteiger partial charge in [-0.3, -0.25) is 0 Å². The molecular weight excluding hydrogens is 260 g/mol. The molecule has 0 bridgehead atoms. The Bertz CT molecular complexity index is 604. The average molecular weight is 280 g/mol. The van der Waals surface area contributed by atoms with Gasteiger partial charge in [-0.25, -0.2) is 8.42 Å². The third kappa shape index (κ3) is 2.67. The number of anilines is 1. The van der Waals surface area contributed by atoms with Crippen molar-refractivity contribution in [3.8, 4) is 0 Å². The van der Waals surface area contributed by atoms with E-state index in [4.69, 9.17) is 5.73 Å². The average Bonchev–Trinajstić information content (AvgIpc) is 3.14. The highest BCUT2D eigenvalue weighted by atomic mass is 32.2. The lowest BCUT2D eigenvalue weighted by Gasteiger charge is -2.22. The molecule has 0 atom stereocenters. The van der Waals surface area contributed by atoms with Crippen LogP contribution >= 0.6 is 0 Å². The first-order valence-electron chi connectivity index (χ1n) is 6.37. The Kier molecular flexibility index (Phi) is 3.69. The maximum atomic E-state index is 12.8. The molecule has 1 saturated carbocycles. The van der Waals surface area contributed by atoms with Gasteiger partial charge in [-0.15, -0.1) is 6.58 Å². The van der Waals surface area contributed by atoms with E-state index < -0.39 is 10.0 Å². The Hall–Kier alpha value is -1.33. The summed E-state index contributed by atoms with van der Waals surface area (Å²) in [5, 5.41) is 0. The smallest absolute Gasteiger partial charge is 0.243 e. The largest absolute Gasteiger partial charge is 0.399 e. The molecule has 1 aromatic carbocycles. The molecule has 0 heterocycles. The minimum atomic E-state index is -3.49. The Morgan fingerprint density at radius 1 is 1.42 bits per heavy atom. The summed E-state index contributed by atoms with van der Waals surface area (Å²) in [6.45, 7) is 7.69. The maximum absolute atomic E-state index is 12.8. The van der Waals surface area contributed by atoms with E-state index in [1.807, 2.05) is 13.8 Å². The summed E-state index contributed by atoms with van der Waals surface area (Å²) in [6.07, 6.45) is 3.48. The first-order chi connectivity index (χ1) is 8.87. The van der Waals surface area contributed by atoms with Crippen molar-refractivity contribution in [3.63, 3.8) is 0 Å². The molecule has 4 nitrogen and oxygen atoms in total. The van der Waals surface area contributed by atoms with Gasteiger partial charge >= 0.3 is 0 Å². The molecule has 5 heteroatoms. The second-order valence-electron chi connectivity index (χ2n) is 5.06. The third-order valence-corrected chi connectivity index (χ3v) is 5.54. The van der Waals surface area contributed by atoms with Crippen molar-refractivity contribution in [2.24, 2.45) is 0 Å². The van der Waals surface area contributed by atoms with Crippen LogP contribution in [0, 0.1) is 13.8 Å². The number of nitrogens with zero attached hydrogens (tertiary/aromatic N) is 1. The quantitative estimate of drug-likeness (QED) is 0.664. The lowest BCUT2D eigenvalue weighted by molar-refractivity contribution is 0.435. The molecule has 0 spiro atoms. The molecule has 1 aromatic rings. The molecule has 0 aliphatic heterocycles. The monoisotopic (exact) mass is 280 g/mol. The van der Waals surface area contributed by atoms with Crippen molar-refractivity contribution in [2.75, 3.05) is 12.3 Å². The van der Waals surface area contributed by atoms with E-state index in [2.05, 4.69) is 6.58 Å². The van der Waals surface area contributed by atoms with Crippen LogP contribution in [-0.4, -0.2) is 25.3 Å². The fraction of sp³-hybridized carbons (Fsp3) is 0.429. The zero-order valence-electron chi connectivity index (χ0n) is 11.4. The molecule has 0 radical (unpaired) electrons. The van der Waals surface area contributed by atoms with Crippen LogP contribution in [0.1, 0.15) is 24.0 Å². The minimum absolute atomic E-state index is 0.115. The van der Waals surface area contributed by atoms with E-state index in [0.29, 0.717) is 17.1 Å². The van der Waals surface area contributed by atoms with Crippen LogP contribution in [0.5, 0.6) is 0 Å². The standard InChI is InChI=1S/C14H20N2O2S/c1-4-7-16(13-5-6-13)19(17,18)14-9-12(15)8-10(2)11(14)3/h4,8-9,13H,1,5-7,15H2,2-3H3. The van der Waals surface area contributed by atoms with Crippen molar-refractivity contribution in [2.45, 2.75) is 37.6 Å². The van der Waals surface area contributed by atoms with Crippen LogP contribution in [0.25, 0.3) is 0 Å². The Morgan fingerprint density at radius 3 is 2.58 bits per heavy atom. The zero-order chi connectivity index (χ0) is 14.2. The first-order valence-corrected chi connectivity index (χ1v) is 7.81. The topological polar surface area (TPSA) is 63.4 Å². The van der Waals surface area contributed by atoms with Crippen LogP contribution in [0.4, 0.5) is 5.69 Å². The van der Waals surface area contributed by atoms with E-state index in [9.17, 15) is 8.42 Å². The predicted molar refractivity (Wildman–Crippen MR) is 77.4 cm³/mol. The SMILES string of the molecule is C=CCN(C1CC1)S(=O)(=O)c1cc(N)cc(C)c1C. The van der Waals surface area contributed by atoms with Gasteiger partial charge in [0.1, 0.15) is 0 Å². The van der Waals surface area contributed by atoms with Gasteiger partial charge in [0.05, 0.1) is 4.90 Å². The normalized spacial score (nSPS) is 15.7. The van der Waals surface area contributed by atoms with Crippen molar-refractivity contribution >= 4 is 15.7 Å². The molecule has 0 aromatic heterocycles. The Morgan fingerprint density at radius 2 is 2.05 bits per heavy atom. The molecule has 2 rings (SSSR count). The summed E-state index contributed by atoms with van der Waals surface area (Å²) < 4.78 is 27.0. The molecule has 0 saturated heterocycles. The molecule has 1 fully saturated rings. The molecule has 19 heavy (non-hydrogen) atoms. The van der Waals surface area contributed by atoms with Crippen LogP contribution < -0.4 is 5.73 Å². The first kappa shape index (κ1) is 14.1. The second-order valence-corrected chi connectivity index (χ2v) is 6.91. The number of rotatable bonds is 5. The van der Waals surface area contributed by atoms with E-state index in [1.54, 1.807) is 18.2 Å². The second kappa shape index (κ2) is 4.98. The fourth-order valence-corrected chi connectivity index (χ4v) is 4.17. The Balaban J connectivity index is 2.51. The molecule has 0 unspecified atom stereocenters.